The normalized spacial score (nSPS) is 21.1. The maximum Gasteiger partial charge on any atom is 0.274 e. The molecule has 1 aromatic heterocycles. The molecule has 3 rings (SSSR count). The fourth-order valence-electron chi connectivity index (χ4n) is 2.67. The molecule has 1 saturated heterocycles. The van der Waals surface area contributed by atoms with Crippen LogP contribution in [-0.4, -0.2) is 38.5 Å². The van der Waals surface area contributed by atoms with Gasteiger partial charge in [-0.3, -0.25) is 4.79 Å². The number of nitrogens with zero attached hydrogens (tertiary/aromatic N) is 3. The highest BCUT2D eigenvalue weighted by Gasteiger charge is 2.37. The number of aliphatic hydroxyl groups is 1. The molecule has 1 amide bonds. The Morgan fingerprint density at radius 3 is 3.00 bits per heavy atom. The number of likely N-dealkylation sites (tertiary alicyclic amines) is 1. The molecule has 22 heavy (non-hydrogen) atoms. The second kappa shape index (κ2) is 5.98. The molecular weight excluding hydrogens is 309 g/mol. The molecule has 0 aliphatic carbocycles. The molecule has 2 aromatic rings. The summed E-state index contributed by atoms with van der Waals surface area (Å²) in [5, 5.41) is 10.1. The Morgan fingerprint density at radius 1 is 1.45 bits per heavy atom. The van der Waals surface area contributed by atoms with Gasteiger partial charge in [-0.05, 0) is 24.1 Å². The molecule has 0 unspecified atom stereocenters. The summed E-state index contributed by atoms with van der Waals surface area (Å²) in [6.45, 7) is 0.153. The predicted octanol–water partition coefficient (Wildman–Crippen LogP) is 2.22. The quantitative estimate of drug-likeness (QED) is 0.921. The van der Waals surface area contributed by atoms with E-state index in [1.54, 1.807) is 12.1 Å². The molecule has 7 heteroatoms. The second-order valence-electron chi connectivity index (χ2n) is 5.14. The SMILES string of the molecule is O=C(c1ncncc1Cl)N1C[C@@H](O)C[C@H]1c1cccc(F)c1. The lowest BCUT2D eigenvalue weighted by atomic mass is 10.0. The number of aromatic nitrogens is 2. The number of amides is 1. The molecule has 1 N–H and O–H groups in total. The van der Waals surface area contributed by atoms with Gasteiger partial charge in [0.2, 0.25) is 0 Å². The van der Waals surface area contributed by atoms with Gasteiger partial charge in [-0.1, -0.05) is 23.7 Å². The topological polar surface area (TPSA) is 66.3 Å². The molecule has 1 fully saturated rings. The van der Waals surface area contributed by atoms with Gasteiger partial charge in [0.15, 0.2) is 0 Å². The van der Waals surface area contributed by atoms with E-state index in [1.165, 1.54) is 29.6 Å². The van der Waals surface area contributed by atoms with Gasteiger partial charge in [0.05, 0.1) is 17.2 Å². The van der Waals surface area contributed by atoms with E-state index in [2.05, 4.69) is 9.97 Å². The van der Waals surface area contributed by atoms with Crippen molar-refractivity contribution in [3.8, 4) is 0 Å². The highest BCUT2D eigenvalue weighted by atomic mass is 35.5. The number of hydrogen-bond acceptors (Lipinski definition) is 4. The van der Waals surface area contributed by atoms with E-state index in [0.29, 0.717) is 12.0 Å². The smallest absolute Gasteiger partial charge is 0.274 e. The first-order valence-electron chi connectivity index (χ1n) is 6.76. The van der Waals surface area contributed by atoms with Gasteiger partial charge in [-0.25, -0.2) is 14.4 Å². The molecule has 0 bridgehead atoms. The van der Waals surface area contributed by atoms with Crippen LogP contribution in [0.25, 0.3) is 0 Å². The minimum absolute atomic E-state index is 0.0761. The lowest BCUT2D eigenvalue weighted by Crippen LogP contribution is -2.32. The Hall–Kier alpha value is -2.05. The largest absolute Gasteiger partial charge is 0.391 e. The summed E-state index contributed by atoms with van der Waals surface area (Å²) in [7, 11) is 0. The molecule has 2 atom stereocenters. The van der Waals surface area contributed by atoms with Gasteiger partial charge in [0.25, 0.3) is 5.91 Å². The van der Waals surface area contributed by atoms with Crippen molar-refractivity contribution in [3.05, 3.63) is 58.9 Å². The molecule has 1 aromatic carbocycles. The van der Waals surface area contributed by atoms with Gasteiger partial charge >= 0.3 is 0 Å². The van der Waals surface area contributed by atoms with Crippen molar-refractivity contribution in [3.63, 3.8) is 0 Å². The van der Waals surface area contributed by atoms with Crippen molar-refractivity contribution < 1.29 is 14.3 Å². The van der Waals surface area contributed by atoms with Crippen LogP contribution in [-0.2, 0) is 0 Å². The van der Waals surface area contributed by atoms with E-state index in [-0.39, 0.29) is 23.1 Å². The first-order valence-corrected chi connectivity index (χ1v) is 7.14. The lowest BCUT2D eigenvalue weighted by Gasteiger charge is -2.24. The summed E-state index contributed by atoms with van der Waals surface area (Å²) < 4.78 is 13.4. The molecule has 1 aliphatic rings. The van der Waals surface area contributed by atoms with Crippen LogP contribution in [0.4, 0.5) is 4.39 Å². The standard InChI is InChI=1S/C15H13ClFN3O2/c16-12-6-18-8-19-14(12)15(22)20-7-11(21)5-13(20)9-2-1-3-10(17)4-9/h1-4,6,8,11,13,21H,5,7H2/t11-,13-/m0/s1. The Labute approximate surface area is 131 Å². The summed E-state index contributed by atoms with van der Waals surface area (Å²) in [5.41, 5.74) is 0.710. The monoisotopic (exact) mass is 321 g/mol. The zero-order valence-corrected chi connectivity index (χ0v) is 12.2. The fraction of sp³-hybridized carbons (Fsp3) is 0.267. The van der Waals surface area contributed by atoms with Crippen molar-refractivity contribution in [2.24, 2.45) is 0 Å². The van der Waals surface area contributed by atoms with Crippen LogP contribution in [0.3, 0.4) is 0 Å². The summed E-state index contributed by atoms with van der Waals surface area (Å²) in [6, 6.07) is 5.60. The van der Waals surface area contributed by atoms with Crippen LogP contribution < -0.4 is 0 Å². The van der Waals surface area contributed by atoms with Crippen LogP contribution in [0.2, 0.25) is 5.02 Å². The zero-order valence-electron chi connectivity index (χ0n) is 11.5. The van der Waals surface area contributed by atoms with Crippen LogP contribution in [0.15, 0.2) is 36.8 Å². The molecule has 0 radical (unpaired) electrons. The van der Waals surface area contributed by atoms with Crippen LogP contribution >= 0.6 is 11.6 Å². The number of rotatable bonds is 2. The minimum atomic E-state index is -0.669. The van der Waals surface area contributed by atoms with E-state index in [1.807, 2.05) is 0 Å². The third-order valence-corrected chi connectivity index (χ3v) is 3.92. The van der Waals surface area contributed by atoms with Gasteiger partial charge < -0.3 is 10.0 Å². The third-order valence-electron chi connectivity index (χ3n) is 3.64. The van der Waals surface area contributed by atoms with Crippen LogP contribution in [0, 0.1) is 5.82 Å². The molecular formula is C15H13ClFN3O2. The molecule has 1 aliphatic heterocycles. The van der Waals surface area contributed by atoms with Crippen molar-refractivity contribution >= 4 is 17.5 Å². The van der Waals surface area contributed by atoms with Gasteiger partial charge in [-0.2, -0.15) is 0 Å². The van der Waals surface area contributed by atoms with Crippen molar-refractivity contribution in [2.45, 2.75) is 18.6 Å². The first-order chi connectivity index (χ1) is 10.6. The van der Waals surface area contributed by atoms with Gasteiger partial charge in [0, 0.05) is 12.7 Å². The van der Waals surface area contributed by atoms with Crippen LogP contribution in [0.5, 0.6) is 0 Å². The first kappa shape index (κ1) is 14.9. The number of aliphatic hydroxyl groups excluding tert-OH is 1. The summed E-state index contributed by atoms with van der Waals surface area (Å²) in [6.07, 6.45) is 2.25. The Bertz CT molecular complexity index is 713. The van der Waals surface area contributed by atoms with Crippen LogP contribution in [0.1, 0.15) is 28.5 Å². The van der Waals surface area contributed by atoms with Crippen molar-refractivity contribution in [1.29, 1.82) is 0 Å². The van der Waals surface area contributed by atoms with E-state index < -0.39 is 18.1 Å². The summed E-state index contributed by atoms with van der Waals surface area (Å²) in [5.74, 6) is -0.787. The summed E-state index contributed by atoms with van der Waals surface area (Å²) >= 11 is 5.96. The fourth-order valence-corrected chi connectivity index (χ4v) is 2.86. The summed E-state index contributed by atoms with van der Waals surface area (Å²) in [4.78, 5) is 21.7. The molecule has 0 saturated carbocycles. The number of carbonyl (C=O) groups excluding carboxylic acids is 1. The number of β-amino-alcohol motifs (C(OH)–C–C–N with tert-alkyl or cyclic N) is 1. The average Bonchev–Trinajstić information content (AvgIpc) is 2.89. The number of halogens is 2. The Kier molecular flexibility index (Phi) is 4.04. The van der Waals surface area contributed by atoms with Gasteiger partial charge in [0.1, 0.15) is 17.8 Å². The third kappa shape index (κ3) is 2.80. The zero-order chi connectivity index (χ0) is 15.7. The molecule has 0 spiro atoms. The van der Waals surface area contributed by atoms with Crippen molar-refractivity contribution in [1.82, 2.24) is 14.9 Å². The van der Waals surface area contributed by atoms with E-state index in [4.69, 9.17) is 11.6 Å². The van der Waals surface area contributed by atoms with E-state index in [9.17, 15) is 14.3 Å². The Morgan fingerprint density at radius 2 is 2.27 bits per heavy atom. The maximum absolute atomic E-state index is 13.4. The second-order valence-corrected chi connectivity index (χ2v) is 5.54. The average molecular weight is 322 g/mol. The number of hydrogen-bond donors (Lipinski definition) is 1. The predicted molar refractivity (Wildman–Crippen MR) is 77.8 cm³/mol. The lowest BCUT2D eigenvalue weighted by molar-refractivity contribution is 0.0709. The van der Waals surface area contributed by atoms with Crippen molar-refractivity contribution in [2.75, 3.05) is 6.54 Å². The number of carbonyl (C=O) groups is 1. The highest BCUT2D eigenvalue weighted by Crippen LogP contribution is 2.34. The van der Waals surface area contributed by atoms with Gasteiger partial charge in [-0.15, -0.1) is 0 Å². The molecule has 114 valence electrons. The maximum atomic E-state index is 13.4. The number of benzene rings is 1. The molecule has 5 nitrogen and oxygen atoms in total. The minimum Gasteiger partial charge on any atom is -0.391 e. The van der Waals surface area contributed by atoms with E-state index >= 15 is 0 Å². The van der Waals surface area contributed by atoms with E-state index in [0.717, 1.165) is 0 Å². The highest BCUT2D eigenvalue weighted by molar-refractivity contribution is 6.33. The molecule has 2 heterocycles. The Balaban J connectivity index is 1.94.